The van der Waals surface area contributed by atoms with Gasteiger partial charge in [-0.1, -0.05) is 6.92 Å². The highest BCUT2D eigenvalue weighted by Crippen LogP contribution is 2.15. The van der Waals surface area contributed by atoms with Crippen LogP contribution in [0.1, 0.15) is 13.3 Å². The molecule has 0 atom stereocenters. The van der Waals surface area contributed by atoms with Crippen molar-refractivity contribution in [2.45, 2.75) is 19.7 Å². The normalized spacial score (nSPS) is 12.4. The van der Waals surface area contributed by atoms with Crippen LogP contribution >= 0.6 is 0 Å². The lowest BCUT2D eigenvalue weighted by Gasteiger charge is -2.20. The predicted molar refractivity (Wildman–Crippen MR) is 45.8 cm³/mol. The van der Waals surface area contributed by atoms with Crippen molar-refractivity contribution in [1.29, 1.82) is 0 Å². The van der Waals surface area contributed by atoms with Crippen molar-refractivity contribution in [2.24, 2.45) is 0 Å². The molecule has 0 saturated carbocycles. The fourth-order valence-electron chi connectivity index (χ4n) is 1.08. The quantitative estimate of drug-likeness (QED) is 0.693. The molecule has 6 heteroatoms. The molecule has 0 aliphatic carbocycles. The molecule has 0 fully saturated rings. The second kappa shape index (κ2) is 7.03. The molecule has 0 aromatic rings. The first kappa shape index (κ1) is 13.7. The first-order valence-electron chi connectivity index (χ1n) is 4.53. The molecule has 86 valence electrons. The zero-order valence-corrected chi connectivity index (χ0v) is 8.18. The Hall–Kier alpha value is -0.330. The Balaban J connectivity index is 3.60. The first-order valence-corrected chi connectivity index (χ1v) is 4.53. The van der Waals surface area contributed by atoms with Crippen LogP contribution in [0.2, 0.25) is 0 Å². The van der Waals surface area contributed by atoms with Crippen LogP contribution in [0.25, 0.3) is 0 Å². The maximum Gasteiger partial charge on any atom is 0.522 e. The van der Waals surface area contributed by atoms with Crippen molar-refractivity contribution >= 4 is 0 Å². The number of aliphatic hydroxyl groups excluding tert-OH is 1. The van der Waals surface area contributed by atoms with Gasteiger partial charge in [-0.25, -0.2) is 0 Å². The van der Waals surface area contributed by atoms with Crippen molar-refractivity contribution in [3.63, 3.8) is 0 Å². The van der Waals surface area contributed by atoms with Gasteiger partial charge in [-0.3, -0.25) is 9.64 Å². The molecule has 0 aromatic heterocycles. The van der Waals surface area contributed by atoms with Crippen molar-refractivity contribution in [3.05, 3.63) is 0 Å². The second-order valence-electron chi connectivity index (χ2n) is 2.86. The van der Waals surface area contributed by atoms with Crippen LogP contribution < -0.4 is 0 Å². The average molecular weight is 215 g/mol. The molecule has 0 spiro atoms. The fraction of sp³-hybridized carbons (Fsp3) is 1.00. The highest BCUT2D eigenvalue weighted by atomic mass is 19.4. The van der Waals surface area contributed by atoms with Crippen LogP contribution in [-0.2, 0) is 4.74 Å². The van der Waals surface area contributed by atoms with E-state index in [-0.39, 0.29) is 19.8 Å². The van der Waals surface area contributed by atoms with Crippen LogP contribution in [0.3, 0.4) is 0 Å². The summed E-state index contributed by atoms with van der Waals surface area (Å²) >= 11 is 0. The Morgan fingerprint density at radius 2 is 1.86 bits per heavy atom. The number of aliphatic hydroxyl groups is 1. The summed E-state index contributed by atoms with van der Waals surface area (Å²) in [5.74, 6) is 0. The van der Waals surface area contributed by atoms with E-state index in [1.807, 2.05) is 6.92 Å². The van der Waals surface area contributed by atoms with E-state index >= 15 is 0 Å². The Morgan fingerprint density at radius 3 is 2.29 bits per heavy atom. The third kappa shape index (κ3) is 8.28. The van der Waals surface area contributed by atoms with E-state index in [0.717, 1.165) is 6.42 Å². The first-order chi connectivity index (χ1) is 6.49. The third-order valence-corrected chi connectivity index (χ3v) is 1.63. The summed E-state index contributed by atoms with van der Waals surface area (Å²) in [6.07, 6.45) is -3.72. The molecule has 1 N–H and O–H groups in total. The predicted octanol–water partition coefficient (Wildman–Crippen LogP) is 1.23. The van der Waals surface area contributed by atoms with E-state index in [9.17, 15) is 13.2 Å². The van der Waals surface area contributed by atoms with Gasteiger partial charge in [0.15, 0.2) is 0 Å². The van der Waals surface area contributed by atoms with Gasteiger partial charge in [0.2, 0.25) is 0 Å². The van der Waals surface area contributed by atoms with Gasteiger partial charge in [-0.05, 0) is 13.0 Å². The van der Waals surface area contributed by atoms with Crippen LogP contribution in [0.15, 0.2) is 0 Å². The van der Waals surface area contributed by atoms with Crippen LogP contribution in [0.4, 0.5) is 13.2 Å². The minimum absolute atomic E-state index is 0.0496. The lowest BCUT2D eigenvalue weighted by Crippen LogP contribution is -2.32. The molecular weight excluding hydrogens is 199 g/mol. The maximum absolute atomic E-state index is 11.6. The number of hydrogen-bond donors (Lipinski definition) is 1. The summed E-state index contributed by atoms with van der Waals surface area (Å²) < 4.78 is 38.4. The van der Waals surface area contributed by atoms with Crippen LogP contribution in [-0.4, -0.2) is 49.2 Å². The Kier molecular flexibility index (Phi) is 6.86. The highest BCUT2D eigenvalue weighted by Gasteiger charge is 2.28. The number of ether oxygens (including phenoxy) is 1. The molecule has 0 aliphatic heterocycles. The Bertz CT molecular complexity index is 135. The van der Waals surface area contributed by atoms with E-state index in [0.29, 0.717) is 13.1 Å². The largest absolute Gasteiger partial charge is 0.522 e. The minimum atomic E-state index is -4.56. The topological polar surface area (TPSA) is 32.7 Å². The number of alkyl halides is 3. The Morgan fingerprint density at radius 1 is 1.21 bits per heavy atom. The molecule has 0 unspecified atom stereocenters. The summed E-state index contributed by atoms with van der Waals surface area (Å²) in [7, 11) is 0. The van der Waals surface area contributed by atoms with Gasteiger partial charge in [0, 0.05) is 13.1 Å². The summed E-state index contributed by atoms with van der Waals surface area (Å²) in [6.45, 7) is 2.73. The summed E-state index contributed by atoms with van der Waals surface area (Å²) in [5.41, 5.74) is 0. The number of rotatable bonds is 7. The molecule has 0 amide bonds. The SMILES string of the molecule is CCCN(CCO)CCOC(F)(F)F. The molecule has 14 heavy (non-hydrogen) atoms. The van der Waals surface area contributed by atoms with E-state index < -0.39 is 6.36 Å². The molecule has 3 nitrogen and oxygen atoms in total. The summed E-state index contributed by atoms with van der Waals surface area (Å²) in [6, 6.07) is 0. The molecule has 0 radical (unpaired) electrons. The van der Waals surface area contributed by atoms with Gasteiger partial charge in [0.25, 0.3) is 0 Å². The number of hydrogen-bond acceptors (Lipinski definition) is 3. The molecule has 0 rings (SSSR count). The van der Waals surface area contributed by atoms with Crippen molar-refractivity contribution in [1.82, 2.24) is 4.90 Å². The van der Waals surface area contributed by atoms with Crippen LogP contribution in [0, 0.1) is 0 Å². The van der Waals surface area contributed by atoms with Gasteiger partial charge in [0.1, 0.15) is 0 Å². The maximum atomic E-state index is 11.6. The summed E-state index contributed by atoms with van der Waals surface area (Å²) in [5, 5.41) is 8.62. The average Bonchev–Trinajstić information content (AvgIpc) is 2.02. The van der Waals surface area contributed by atoms with Gasteiger partial charge < -0.3 is 5.11 Å². The number of halogens is 3. The molecular formula is C8H16F3NO2. The zero-order chi connectivity index (χ0) is 11.0. The zero-order valence-electron chi connectivity index (χ0n) is 8.18. The summed E-state index contributed by atoms with van der Waals surface area (Å²) in [4.78, 5) is 1.73. The van der Waals surface area contributed by atoms with Crippen molar-refractivity contribution < 1.29 is 23.0 Å². The smallest absolute Gasteiger partial charge is 0.395 e. The third-order valence-electron chi connectivity index (χ3n) is 1.63. The molecule has 0 aliphatic rings. The minimum Gasteiger partial charge on any atom is -0.395 e. The molecule has 0 aromatic carbocycles. The van der Waals surface area contributed by atoms with E-state index in [1.165, 1.54) is 0 Å². The van der Waals surface area contributed by atoms with Gasteiger partial charge in [-0.2, -0.15) is 0 Å². The monoisotopic (exact) mass is 215 g/mol. The highest BCUT2D eigenvalue weighted by molar-refractivity contribution is 4.55. The standard InChI is InChI=1S/C8H16F3NO2/c1-2-3-12(4-6-13)5-7-14-8(9,10)11/h13H,2-7H2,1H3. The van der Waals surface area contributed by atoms with Crippen LogP contribution in [0.5, 0.6) is 0 Å². The van der Waals surface area contributed by atoms with E-state index in [1.54, 1.807) is 4.90 Å². The second-order valence-corrected chi connectivity index (χ2v) is 2.86. The van der Waals surface area contributed by atoms with E-state index in [2.05, 4.69) is 4.74 Å². The molecule has 0 bridgehead atoms. The number of nitrogens with zero attached hydrogens (tertiary/aromatic N) is 1. The molecule has 0 heterocycles. The van der Waals surface area contributed by atoms with E-state index in [4.69, 9.17) is 5.11 Å². The van der Waals surface area contributed by atoms with Crippen molar-refractivity contribution in [2.75, 3.05) is 32.8 Å². The van der Waals surface area contributed by atoms with Gasteiger partial charge in [0.05, 0.1) is 13.2 Å². The van der Waals surface area contributed by atoms with Crippen molar-refractivity contribution in [3.8, 4) is 0 Å². The fourth-order valence-corrected chi connectivity index (χ4v) is 1.08. The lowest BCUT2D eigenvalue weighted by molar-refractivity contribution is -0.325. The lowest BCUT2D eigenvalue weighted by atomic mass is 10.4. The Labute approximate surface area is 81.5 Å². The van der Waals surface area contributed by atoms with Gasteiger partial charge in [-0.15, -0.1) is 13.2 Å². The molecule has 0 saturated heterocycles. The van der Waals surface area contributed by atoms with Gasteiger partial charge >= 0.3 is 6.36 Å².